The van der Waals surface area contributed by atoms with E-state index in [-0.39, 0.29) is 11.1 Å². The molecule has 0 atom stereocenters. The van der Waals surface area contributed by atoms with Crippen LogP contribution in [0.3, 0.4) is 0 Å². The Bertz CT molecular complexity index is 558. The van der Waals surface area contributed by atoms with E-state index in [1.165, 1.54) is 18.2 Å². The number of methoxy groups -OCH3 is 2. The van der Waals surface area contributed by atoms with Crippen LogP contribution in [-0.4, -0.2) is 34.6 Å². The highest BCUT2D eigenvalue weighted by atomic mass is 35.7. The summed E-state index contributed by atoms with van der Waals surface area (Å²) in [6, 6.07) is 3.70. The molecule has 1 aromatic carbocycles. The van der Waals surface area contributed by atoms with Crippen molar-refractivity contribution in [3.63, 3.8) is 0 Å². The van der Waals surface area contributed by atoms with E-state index in [9.17, 15) is 18.0 Å². The number of carbonyl (C=O) groups excluding carboxylic acids is 2. The monoisotopic (exact) mass is 292 g/mol. The van der Waals surface area contributed by atoms with Crippen LogP contribution in [0.2, 0.25) is 0 Å². The fourth-order valence-electron chi connectivity index (χ4n) is 1.34. The summed E-state index contributed by atoms with van der Waals surface area (Å²) in [6.07, 6.45) is 0. The second kappa shape index (κ2) is 5.36. The van der Waals surface area contributed by atoms with Gasteiger partial charge in [-0.05, 0) is 12.1 Å². The molecule has 0 unspecified atom stereocenters. The molecule has 0 saturated heterocycles. The minimum Gasteiger partial charge on any atom is -0.465 e. The third-order valence-electron chi connectivity index (χ3n) is 2.07. The first-order valence-electron chi connectivity index (χ1n) is 4.57. The quantitative estimate of drug-likeness (QED) is 0.614. The van der Waals surface area contributed by atoms with E-state index in [2.05, 4.69) is 9.47 Å². The molecule has 6 nitrogen and oxygen atoms in total. The molecule has 8 heteroatoms. The lowest BCUT2D eigenvalue weighted by atomic mass is 10.1. The number of rotatable bonds is 3. The second-order valence-corrected chi connectivity index (χ2v) is 5.61. The molecule has 0 radical (unpaired) electrons. The number of esters is 2. The fraction of sp³-hybridized carbons (Fsp3) is 0.200. The first-order chi connectivity index (χ1) is 8.32. The minimum absolute atomic E-state index is 0.324. The molecule has 1 aromatic rings. The Morgan fingerprint density at radius 1 is 1.06 bits per heavy atom. The van der Waals surface area contributed by atoms with Crippen molar-refractivity contribution in [2.75, 3.05) is 14.2 Å². The predicted octanol–water partition coefficient (Wildman–Crippen LogP) is 1.19. The van der Waals surface area contributed by atoms with Crippen molar-refractivity contribution < 1.29 is 27.5 Å². The van der Waals surface area contributed by atoms with Gasteiger partial charge in [0.25, 0.3) is 9.05 Å². The summed E-state index contributed by atoms with van der Waals surface area (Å²) in [5.74, 6) is -1.83. The molecule has 0 aromatic heterocycles. The molecule has 0 aliphatic rings. The first kappa shape index (κ1) is 14.5. The van der Waals surface area contributed by atoms with E-state index >= 15 is 0 Å². The molecular weight excluding hydrogens is 284 g/mol. The third-order valence-corrected chi connectivity index (χ3v) is 3.46. The Balaban J connectivity index is 3.66. The Morgan fingerprint density at radius 3 is 1.72 bits per heavy atom. The zero-order chi connectivity index (χ0) is 13.9. The maximum absolute atomic E-state index is 11.5. The van der Waals surface area contributed by atoms with Gasteiger partial charge >= 0.3 is 11.9 Å². The summed E-state index contributed by atoms with van der Waals surface area (Å²) < 4.78 is 31.8. The van der Waals surface area contributed by atoms with Gasteiger partial charge in [-0.15, -0.1) is 0 Å². The van der Waals surface area contributed by atoms with Gasteiger partial charge in [-0.2, -0.15) is 0 Å². The van der Waals surface area contributed by atoms with Crippen molar-refractivity contribution in [2.45, 2.75) is 4.90 Å². The molecule has 0 bridgehead atoms. The van der Waals surface area contributed by atoms with Gasteiger partial charge in [0, 0.05) is 10.7 Å². The smallest absolute Gasteiger partial charge is 0.339 e. The SMILES string of the molecule is COC(=O)c1cccc(C(=O)OC)c1S(=O)(=O)Cl. The molecule has 0 fully saturated rings. The van der Waals surface area contributed by atoms with Crippen LogP contribution in [0.25, 0.3) is 0 Å². The molecule has 0 aliphatic heterocycles. The molecule has 98 valence electrons. The van der Waals surface area contributed by atoms with Gasteiger partial charge in [0.2, 0.25) is 0 Å². The van der Waals surface area contributed by atoms with E-state index in [4.69, 9.17) is 10.7 Å². The first-order valence-corrected chi connectivity index (χ1v) is 6.88. The van der Waals surface area contributed by atoms with Crippen LogP contribution in [0.15, 0.2) is 23.1 Å². The third kappa shape index (κ3) is 2.80. The zero-order valence-electron chi connectivity index (χ0n) is 9.47. The van der Waals surface area contributed by atoms with Gasteiger partial charge in [-0.3, -0.25) is 0 Å². The lowest BCUT2D eigenvalue weighted by molar-refractivity contribution is 0.0590. The van der Waals surface area contributed by atoms with Crippen LogP contribution in [0.5, 0.6) is 0 Å². The number of benzene rings is 1. The highest BCUT2D eigenvalue weighted by Crippen LogP contribution is 2.25. The van der Waals surface area contributed by atoms with E-state index in [0.717, 1.165) is 14.2 Å². The number of carbonyl (C=O) groups is 2. The standard InChI is InChI=1S/C10H9ClO6S/c1-16-9(12)6-4-3-5-7(10(13)17-2)8(6)18(11,14)15/h3-5H,1-2H3. The topological polar surface area (TPSA) is 86.7 Å². The average molecular weight is 293 g/mol. The summed E-state index contributed by atoms with van der Waals surface area (Å²) >= 11 is 0. The number of ether oxygens (including phenoxy) is 2. The van der Waals surface area contributed by atoms with Gasteiger partial charge < -0.3 is 9.47 Å². The highest BCUT2D eigenvalue weighted by molar-refractivity contribution is 8.13. The Morgan fingerprint density at radius 2 is 1.44 bits per heavy atom. The second-order valence-electron chi connectivity index (χ2n) is 3.10. The molecular formula is C10H9ClO6S. The van der Waals surface area contributed by atoms with Gasteiger partial charge in [-0.25, -0.2) is 18.0 Å². The summed E-state index contributed by atoms with van der Waals surface area (Å²) in [7, 11) is 3.09. The van der Waals surface area contributed by atoms with Gasteiger partial charge in [0.15, 0.2) is 0 Å². The van der Waals surface area contributed by atoms with Crippen LogP contribution in [0.1, 0.15) is 20.7 Å². The fourth-order valence-corrected chi connectivity index (χ4v) is 2.67. The number of halogens is 1. The predicted molar refractivity (Wildman–Crippen MR) is 62.2 cm³/mol. The summed E-state index contributed by atoms with van der Waals surface area (Å²) in [6.45, 7) is 0. The van der Waals surface area contributed by atoms with Crippen molar-refractivity contribution in [1.29, 1.82) is 0 Å². The molecule has 0 heterocycles. The highest BCUT2D eigenvalue weighted by Gasteiger charge is 2.28. The average Bonchev–Trinajstić information content (AvgIpc) is 2.34. The Hall–Kier alpha value is -1.60. The molecule has 1 rings (SSSR count). The van der Waals surface area contributed by atoms with Crippen molar-refractivity contribution in [3.8, 4) is 0 Å². The molecule has 0 aliphatic carbocycles. The van der Waals surface area contributed by atoms with Crippen molar-refractivity contribution in [1.82, 2.24) is 0 Å². The van der Waals surface area contributed by atoms with E-state index in [1.54, 1.807) is 0 Å². The van der Waals surface area contributed by atoms with Crippen LogP contribution in [0, 0.1) is 0 Å². The zero-order valence-corrected chi connectivity index (χ0v) is 11.0. The molecule has 0 spiro atoms. The normalized spacial score (nSPS) is 10.8. The van der Waals surface area contributed by atoms with Crippen LogP contribution < -0.4 is 0 Å². The molecule has 0 N–H and O–H groups in total. The van der Waals surface area contributed by atoms with Gasteiger partial charge in [-0.1, -0.05) is 6.07 Å². The lowest BCUT2D eigenvalue weighted by Gasteiger charge is -2.09. The van der Waals surface area contributed by atoms with Crippen molar-refractivity contribution in [3.05, 3.63) is 29.3 Å². The van der Waals surface area contributed by atoms with Gasteiger partial charge in [0.1, 0.15) is 4.90 Å². The maximum atomic E-state index is 11.5. The van der Waals surface area contributed by atoms with Crippen molar-refractivity contribution >= 4 is 31.7 Å². The Labute approximate surface area is 108 Å². The molecule has 18 heavy (non-hydrogen) atoms. The maximum Gasteiger partial charge on any atom is 0.339 e. The summed E-state index contributed by atoms with van der Waals surface area (Å²) in [5, 5.41) is 0. The minimum atomic E-state index is -4.30. The molecule has 0 saturated carbocycles. The van der Waals surface area contributed by atoms with Crippen molar-refractivity contribution in [2.24, 2.45) is 0 Å². The largest absolute Gasteiger partial charge is 0.465 e. The van der Waals surface area contributed by atoms with E-state index in [0.29, 0.717) is 0 Å². The Kier molecular flexibility index (Phi) is 4.31. The lowest BCUT2D eigenvalue weighted by Crippen LogP contribution is -2.14. The number of hydrogen-bond acceptors (Lipinski definition) is 6. The van der Waals surface area contributed by atoms with Gasteiger partial charge in [0.05, 0.1) is 25.3 Å². The van der Waals surface area contributed by atoms with Crippen LogP contribution >= 0.6 is 10.7 Å². The van der Waals surface area contributed by atoms with Crippen LogP contribution in [-0.2, 0) is 18.5 Å². The van der Waals surface area contributed by atoms with E-state index in [1.807, 2.05) is 0 Å². The van der Waals surface area contributed by atoms with Crippen LogP contribution in [0.4, 0.5) is 0 Å². The summed E-state index contributed by atoms with van der Waals surface area (Å²) in [4.78, 5) is 22.3. The molecule has 0 amide bonds. The summed E-state index contributed by atoms with van der Waals surface area (Å²) in [5.41, 5.74) is -0.647. The van der Waals surface area contributed by atoms with E-state index < -0.39 is 25.9 Å². The number of hydrogen-bond donors (Lipinski definition) is 0.